The fourth-order valence-electron chi connectivity index (χ4n) is 5.28. The third-order valence-corrected chi connectivity index (χ3v) is 8.75. The maximum atomic E-state index is 6.21. The first-order valence-electron chi connectivity index (χ1n) is 9.47. The van der Waals surface area contributed by atoms with E-state index < -0.39 is 0 Å². The summed E-state index contributed by atoms with van der Waals surface area (Å²) in [6.07, 6.45) is 12.8. The van der Waals surface area contributed by atoms with Crippen molar-refractivity contribution < 1.29 is 9.47 Å². The summed E-state index contributed by atoms with van der Waals surface area (Å²) in [7, 11) is 0. The Morgan fingerprint density at radius 1 is 0.783 bits per heavy atom. The highest BCUT2D eigenvalue weighted by molar-refractivity contribution is 8.02. The Kier molecular flexibility index (Phi) is 4.40. The first-order chi connectivity index (χ1) is 11.2. The zero-order valence-electron chi connectivity index (χ0n) is 14.3. The first-order valence-corrected chi connectivity index (χ1v) is 10.3. The average Bonchev–Trinajstić information content (AvgIpc) is 3.30. The summed E-state index contributed by atoms with van der Waals surface area (Å²) >= 11 is 2.17. The van der Waals surface area contributed by atoms with Gasteiger partial charge in [0.1, 0.15) is 0 Å². The van der Waals surface area contributed by atoms with Crippen molar-refractivity contribution in [1.82, 2.24) is 0 Å². The predicted molar refractivity (Wildman–Crippen MR) is 97.0 cm³/mol. The minimum absolute atomic E-state index is 0.107. The van der Waals surface area contributed by atoms with Crippen LogP contribution in [0.4, 0.5) is 0 Å². The van der Waals surface area contributed by atoms with Gasteiger partial charge in [0.25, 0.3) is 0 Å². The molecule has 3 heteroatoms. The molecular weight excluding hydrogens is 304 g/mol. The van der Waals surface area contributed by atoms with Crippen LogP contribution in [0.3, 0.4) is 0 Å². The lowest BCUT2D eigenvalue weighted by Crippen LogP contribution is -2.47. The molecule has 0 N–H and O–H groups in total. The molecule has 0 aromatic carbocycles. The minimum Gasteiger partial charge on any atom is -0.376 e. The fraction of sp³-hybridized carbons (Fsp3) is 0.800. The maximum Gasteiger partial charge on any atom is 0.0760 e. The quantitative estimate of drug-likeness (QED) is 0.671. The van der Waals surface area contributed by atoms with E-state index in [1.54, 1.807) is 0 Å². The number of ether oxygens (including phenoxy) is 2. The van der Waals surface area contributed by atoms with Gasteiger partial charge in [-0.15, -0.1) is 11.8 Å². The second-order valence-corrected chi connectivity index (χ2v) is 9.46. The Balaban J connectivity index is 1.68. The number of hydrogen-bond donors (Lipinski definition) is 0. The van der Waals surface area contributed by atoms with Gasteiger partial charge in [-0.05, 0) is 64.2 Å². The van der Waals surface area contributed by atoms with Crippen molar-refractivity contribution in [2.24, 2.45) is 0 Å². The molecule has 0 aromatic rings. The van der Waals surface area contributed by atoms with Crippen molar-refractivity contribution in [2.45, 2.75) is 85.9 Å². The highest BCUT2D eigenvalue weighted by Crippen LogP contribution is 2.61. The van der Waals surface area contributed by atoms with Crippen LogP contribution in [-0.4, -0.2) is 34.9 Å². The lowest BCUT2D eigenvalue weighted by atomic mass is 9.92. The van der Waals surface area contributed by atoms with Crippen molar-refractivity contribution in [2.75, 3.05) is 13.2 Å². The van der Waals surface area contributed by atoms with Crippen LogP contribution < -0.4 is 0 Å². The van der Waals surface area contributed by atoms with E-state index >= 15 is 0 Å². The van der Waals surface area contributed by atoms with Crippen LogP contribution >= 0.6 is 11.8 Å². The molecule has 4 fully saturated rings. The number of thioether (sulfide) groups is 1. The summed E-state index contributed by atoms with van der Waals surface area (Å²) in [6, 6.07) is 0. The third kappa shape index (κ3) is 2.54. The third-order valence-electron chi connectivity index (χ3n) is 6.51. The molecule has 0 bridgehead atoms. The van der Waals surface area contributed by atoms with Gasteiger partial charge < -0.3 is 9.47 Å². The second kappa shape index (κ2) is 6.24. The van der Waals surface area contributed by atoms with Gasteiger partial charge in [-0.3, -0.25) is 0 Å². The van der Waals surface area contributed by atoms with Crippen LogP contribution in [0.2, 0.25) is 0 Å². The molecule has 2 saturated carbocycles. The molecule has 4 rings (SSSR count). The summed E-state index contributed by atoms with van der Waals surface area (Å²) in [4.78, 5) is 0. The number of hydrogen-bond acceptors (Lipinski definition) is 3. The zero-order valence-corrected chi connectivity index (χ0v) is 15.1. The van der Waals surface area contributed by atoms with Crippen molar-refractivity contribution in [3.63, 3.8) is 0 Å². The first kappa shape index (κ1) is 16.2. The Bertz CT molecular complexity index is 446. The second-order valence-electron chi connectivity index (χ2n) is 7.80. The zero-order chi connectivity index (χ0) is 15.9. The van der Waals surface area contributed by atoms with Gasteiger partial charge in [-0.25, -0.2) is 0 Å². The molecule has 0 spiro atoms. The van der Waals surface area contributed by atoms with Gasteiger partial charge in [-0.1, -0.05) is 24.3 Å². The molecule has 4 atom stereocenters. The molecular formula is C20H30O2S. The SMILES string of the molecule is C=C1CCCC1(SC1(C2CCCO2)CCCC1=C)C1CCCO1. The van der Waals surface area contributed by atoms with E-state index in [1.165, 1.54) is 75.4 Å². The molecule has 2 nitrogen and oxygen atoms in total. The van der Waals surface area contributed by atoms with E-state index in [0.717, 1.165) is 13.2 Å². The molecule has 23 heavy (non-hydrogen) atoms. The maximum absolute atomic E-state index is 6.21. The van der Waals surface area contributed by atoms with Crippen molar-refractivity contribution in [1.29, 1.82) is 0 Å². The monoisotopic (exact) mass is 334 g/mol. The molecule has 128 valence electrons. The van der Waals surface area contributed by atoms with Crippen LogP contribution in [0.1, 0.15) is 64.2 Å². The summed E-state index contributed by atoms with van der Waals surface area (Å²) < 4.78 is 12.6. The van der Waals surface area contributed by atoms with E-state index in [4.69, 9.17) is 9.47 Å². The van der Waals surface area contributed by atoms with E-state index in [2.05, 4.69) is 24.9 Å². The Morgan fingerprint density at radius 3 is 1.57 bits per heavy atom. The van der Waals surface area contributed by atoms with Crippen LogP contribution in [0, 0.1) is 0 Å². The molecule has 4 aliphatic rings. The van der Waals surface area contributed by atoms with E-state index in [9.17, 15) is 0 Å². The summed E-state index contributed by atoms with van der Waals surface area (Å²) in [5, 5.41) is 0. The summed E-state index contributed by atoms with van der Waals surface area (Å²) in [5.41, 5.74) is 2.85. The van der Waals surface area contributed by atoms with Crippen molar-refractivity contribution >= 4 is 11.8 Å². The molecule has 0 aromatic heterocycles. The summed E-state index contributed by atoms with van der Waals surface area (Å²) in [5.74, 6) is 0. The molecule has 2 saturated heterocycles. The van der Waals surface area contributed by atoms with Gasteiger partial charge in [-0.2, -0.15) is 0 Å². The summed E-state index contributed by atoms with van der Waals surface area (Å²) in [6.45, 7) is 10.9. The van der Waals surface area contributed by atoms with Crippen LogP contribution in [0.5, 0.6) is 0 Å². The van der Waals surface area contributed by atoms with E-state index in [-0.39, 0.29) is 9.49 Å². The highest BCUT2D eigenvalue weighted by Gasteiger charge is 2.56. The average molecular weight is 335 g/mol. The number of rotatable bonds is 4. The van der Waals surface area contributed by atoms with Crippen molar-refractivity contribution in [3.05, 3.63) is 24.3 Å². The standard InChI is InChI=1S/C20H30O2S/c1-15-7-3-11-19(15,17-9-5-13-21-17)23-20(12-4-8-16(20)2)18-10-6-14-22-18/h17-18H,1-14H2. The molecule has 2 heterocycles. The fourth-order valence-corrected chi connectivity index (χ4v) is 7.55. The highest BCUT2D eigenvalue weighted by atomic mass is 32.2. The van der Waals surface area contributed by atoms with Gasteiger partial charge in [0.2, 0.25) is 0 Å². The minimum atomic E-state index is 0.107. The smallest absolute Gasteiger partial charge is 0.0760 e. The van der Waals surface area contributed by atoms with Crippen molar-refractivity contribution in [3.8, 4) is 0 Å². The van der Waals surface area contributed by atoms with Gasteiger partial charge in [0.15, 0.2) is 0 Å². The Hall–Kier alpha value is -0.250. The Labute approximate surface area is 145 Å². The molecule has 2 aliphatic carbocycles. The van der Waals surface area contributed by atoms with Gasteiger partial charge >= 0.3 is 0 Å². The Morgan fingerprint density at radius 2 is 1.26 bits per heavy atom. The van der Waals surface area contributed by atoms with Crippen LogP contribution in [0.15, 0.2) is 24.3 Å². The normalized spacial score (nSPS) is 44.5. The lowest BCUT2D eigenvalue weighted by molar-refractivity contribution is 0.0802. The van der Waals surface area contributed by atoms with Crippen LogP contribution in [0.25, 0.3) is 0 Å². The van der Waals surface area contributed by atoms with Crippen LogP contribution in [-0.2, 0) is 9.47 Å². The molecule has 0 amide bonds. The van der Waals surface area contributed by atoms with E-state index in [0.29, 0.717) is 12.2 Å². The van der Waals surface area contributed by atoms with Gasteiger partial charge in [0.05, 0.1) is 21.7 Å². The lowest BCUT2D eigenvalue weighted by Gasteiger charge is -2.46. The molecule has 2 aliphatic heterocycles. The largest absolute Gasteiger partial charge is 0.376 e. The predicted octanol–water partition coefficient (Wildman–Crippen LogP) is 5.04. The molecule has 0 radical (unpaired) electrons. The topological polar surface area (TPSA) is 18.5 Å². The van der Waals surface area contributed by atoms with E-state index in [1.807, 2.05) is 0 Å². The van der Waals surface area contributed by atoms with Gasteiger partial charge in [0, 0.05) is 13.2 Å². The molecule has 4 unspecified atom stereocenters.